The molecule has 0 spiro atoms. The van der Waals surface area contributed by atoms with E-state index in [4.69, 9.17) is 23.2 Å². The first kappa shape index (κ1) is 12.2. The van der Waals surface area contributed by atoms with Crippen molar-refractivity contribution in [2.75, 3.05) is 26.7 Å². The van der Waals surface area contributed by atoms with E-state index >= 15 is 0 Å². The van der Waals surface area contributed by atoms with Gasteiger partial charge in [0.1, 0.15) is 0 Å². The van der Waals surface area contributed by atoms with Crippen LogP contribution in [0, 0.1) is 0 Å². The average Bonchev–Trinajstić information content (AvgIpc) is 2.16. The van der Waals surface area contributed by atoms with Gasteiger partial charge in [-0.05, 0) is 31.7 Å². The molecule has 1 N–H and O–H groups in total. The highest BCUT2D eigenvalue weighted by molar-refractivity contribution is 6.35. The van der Waals surface area contributed by atoms with Crippen LogP contribution in [0.5, 0.6) is 0 Å². The summed E-state index contributed by atoms with van der Waals surface area (Å²) in [6.45, 7) is 5.18. The lowest BCUT2D eigenvalue weighted by atomic mass is 9.90. The Hall–Kier alpha value is -0.280. The molecular formula is C12H16Cl2N2. The van der Waals surface area contributed by atoms with Crippen molar-refractivity contribution in [3.05, 3.63) is 33.8 Å². The molecule has 0 saturated carbocycles. The lowest BCUT2D eigenvalue weighted by molar-refractivity contribution is 0.171. The average molecular weight is 259 g/mol. The van der Waals surface area contributed by atoms with Crippen LogP contribution in [-0.2, 0) is 5.54 Å². The summed E-state index contributed by atoms with van der Waals surface area (Å²) in [6.07, 6.45) is 0. The summed E-state index contributed by atoms with van der Waals surface area (Å²) < 4.78 is 0. The van der Waals surface area contributed by atoms with E-state index in [0.29, 0.717) is 5.02 Å². The molecule has 1 aliphatic heterocycles. The molecule has 88 valence electrons. The van der Waals surface area contributed by atoms with E-state index in [2.05, 4.69) is 24.2 Å². The van der Waals surface area contributed by atoms with Crippen molar-refractivity contribution in [2.24, 2.45) is 0 Å². The number of likely N-dealkylation sites (N-methyl/N-ethyl adjacent to an activating group) is 1. The second-order valence-corrected chi connectivity index (χ2v) is 5.46. The number of nitrogens with zero attached hydrogens (tertiary/aromatic N) is 1. The third kappa shape index (κ3) is 2.35. The van der Waals surface area contributed by atoms with Crippen LogP contribution in [0.2, 0.25) is 10.0 Å². The summed E-state index contributed by atoms with van der Waals surface area (Å²) in [6, 6.07) is 5.71. The van der Waals surface area contributed by atoms with Crippen LogP contribution in [0.3, 0.4) is 0 Å². The van der Waals surface area contributed by atoms with E-state index in [-0.39, 0.29) is 5.54 Å². The quantitative estimate of drug-likeness (QED) is 0.834. The van der Waals surface area contributed by atoms with Crippen LogP contribution in [0.15, 0.2) is 18.2 Å². The SMILES string of the molecule is CN1CCNC(C)(c2ccc(Cl)cc2Cl)C1. The number of halogens is 2. The van der Waals surface area contributed by atoms with Gasteiger partial charge in [-0.25, -0.2) is 0 Å². The number of piperazine rings is 1. The zero-order valence-corrected chi connectivity index (χ0v) is 11.1. The summed E-state index contributed by atoms with van der Waals surface area (Å²) in [5, 5.41) is 4.95. The van der Waals surface area contributed by atoms with E-state index in [1.807, 2.05) is 12.1 Å². The molecule has 1 atom stereocenters. The maximum atomic E-state index is 6.26. The van der Waals surface area contributed by atoms with Crippen LogP contribution in [0.25, 0.3) is 0 Å². The largest absolute Gasteiger partial charge is 0.305 e. The Balaban J connectivity index is 2.34. The van der Waals surface area contributed by atoms with Gasteiger partial charge in [0, 0.05) is 29.7 Å². The van der Waals surface area contributed by atoms with Gasteiger partial charge in [0.2, 0.25) is 0 Å². The highest BCUT2D eigenvalue weighted by Gasteiger charge is 2.32. The number of benzene rings is 1. The van der Waals surface area contributed by atoms with Gasteiger partial charge in [-0.1, -0.05) is 29.3 Å². The molecule has 1 aliphatic rings. The van der Waals surface area contributed by atoms with Gasteiger partial charge in [0.15, 0.2) is 0 Å². The molecule has 1 fully saturated rings. The minimum absolute atomic E-state index is 0.0886. The molecular weight excluding hydrogens is 243 g/mol. The summed E-state index contributed by atoms with van der Waals surface area (Å²) in [5.41, 5.74) is 1.03. The first-order valence-corrected chi connectivity index (χ1v) is 6.16. The van der Waals surface area contributed by atoms with E-state index in [1.54, 1.807) is 6.07 Å². The number of hydrogen-bond donors (Lipinski definition) is 1. The fourth-order valence-corrected chi connectivity index (χ4v) is 2.93. The molecule has 1 unspecified atom stereocenters. The molecule has 4 heteroatoms. The Morgan fingerprint density at radius 1 is 1.38 bits per heavy atom. The van der Waals surface area contributed by atoms with Gasteiger partial charge in [0.05, 0.1) is 5.54 Å². The van der Waals surface area contributed by atoms with Gasteiger partial charge in [0.25, 0.3) is 0 Å². The zero-order chi connectivity index (χ0) is 11.8. The van der Waals surface area contributed by atoms with Crippen molar-refractivity contribution >= 4 is 23.2 Å². The molecule has 0 amide bonds. The molecule has 1 aromatic rings. The fourth-order valence-electron chi connectivity index (χ4n) is 2.31. The predicted molar refractivity (Wildman–Crippen MR) is 69.3 cm³/mol. The third-order valence-corrected chi connectivity index (χ3v) is 3.67. The number of nitrogens with one attached hydrogen (secondary N) is 1. The molecule has 1 heterocycles. The molecule has 0 radical (unpaired) electrons. The molecule has 16 heavy (non-hydrogen) atoms. The van der Waals surface area contributed by atoms with Crippen molar-refractivity contribution in [3.63, 3.8) is 0 Å². The van der Waals surface area contributed by atoms with Crippen molar-refractivity contribution in [2.45, 2.75) is 12.5 Å². The van der Waals surface area contributed by atoms with Crippen LogP contribution >= 0.6 is 23.2 Å². The number of rotatable bonds is 1. The minimum atomic E-state index is -0.0886. The Morgan fingerprint density at radius 2 is 2.12 bits per heavy atom. The summed E-state index contributed by atoms with van der Waals surface area (Å²) >= 11 is 12.2. The van der Waals surface area contributed by atoms with Crippen LogP contribution in [0.1, 0.15) is 12.5 Å². The van der Waals surface area contributed by atoms with Gasteiger partial charge < -0.3 is 10.2 Å². The van der Waals surface area contributed by atoms with Gasteiger partial charge in [-0.3, -0.25) is 0 Å². The third-order valence-electron chi connectivity index (χ3n) is 3.12. The molecule has 1 aromatic carbocycles. The van der Waals surface area contributed by atoms with Crippen molar-refractivity contribution < 1.29 is 0 Å². The highest BCUT2D eigenvalue weighted by Crippen LogP contribution is 2.31. The van der Waals surface area contributed by atoms with E-state index < -0.39 is 0 Å². The zero-order valence-electron chi connectivity index (χ0n) is 9.56. The summed E-state index contributed by atoms with van der Waals surface area (Å²) in [5.74, 6) is 0. The lowest BCUT2D eigenvalue weighted by Crippen LogP contribution is -2.55. The standard InChI is InChI=1S/C12H16Cl2N2/c1-12(8-16(2)6-5-15-12)10-4-3-9(13)7-11(10)14/h3-4,7,15H,5-6,8H2,1-2H3. The van der Waals surface area contributed by atoms with E-state index in [9.17, 15) is 0 Å². The van der Waals surface area contributed by atoms with Gasteiger partial charge >= 0.3 is 0 Å². The smallest absolute Gasteiger partial charge is 0.0550 e. The topological polar surface area (TPSA) is 15.3 Å². The second kappa shape index (κ2) is 4.53. The van der Waals surface area contributed by atoms with E-state index in [1.165, 1.54) is 0 Å². The molecule has 0 aromatic heterocycles. The molecule has 2 nitrogen and oxygen atoms in total. The fraction of sp³-hybridized carbons (Fsp3) is 0.500. The minimum Gasteiger partial charge on any atom is -0.305 e. The van der Waals surface area contributed by atoms with Gasteiger partial charge in [-0.2, -0.15) is 0 Å². The Labute approximate surface area is 107 Å². The Bertz CT molecular complexity index is 395. The molecule has 0 aliphatic carbocycles. The number of hydrogen-bond acceptors (Lipinski definition) is 2. The maximum absolute atomic E-state index is 6.26. The Morgan fingerprint density at radius 3 is 2.75 bits per heavy atom. The maximum Gasteiger partial charge on any atom is 0.0550 e. The predicted octanol–water partition coefficient (Wildman–Crippen LogP) is 2.74. The van der Waals surface area contributed by atoms with Crippen LogP contribution in [-0.4, -0.2) is 31.6 Å². The van der Waals surface area contributed by atoms with Crippen molar-refractivity contribution in [1.82, 2.24) is 10.2 Å². The van der Waals surface area contributed by atoms with Crippen LogP contribution < -0.4 is 5.32 Å². The molecule has 1 saturated heterocycles. The van der Waals surface area contributed by atoms with Crippen molar-refractivity contribution in [3.8, 4) is 0 Å². The van der Waals surface area contributed by atoms with Crippen LogP contribution in [0.4, 0.5) is 0 Å². The Kier molecular flexibility index (Phi) is 3.45. The first-order valence-electron chi connectivity index (χ1n) is 5.40. The summed E-state index contributed by atoms with van der Waals surface area (Å²) in [7, 11) is 2.13. The summed E-state index contributed by atoms with van der Waals surface area (Å²) in [4.78, 5) is 2.31. The monoisotopic (exact) mass is 258 g/mol. The van der Waals surface area contributed by atoms with Gasteiger partial charge in [-0.15, -0.1) is 0 Å². The second-order valence-electron chi connectivity index (χ2n) is 4.62. The van der Waals surface area contributed by atoms with E-state index in [0.717, 1.165) is 30.2 Å². The van der Waals surface area contributed by atoms with Crippen molar-refractivity contribution in [1.29, 1.82) is 0 Å². The lowest BCUT2D eigenvalue weighted by Gasteiger charge is -2.40. The highest BCUT2D eigenvalue weighted by atomic mass is 35.5. The first-order chi connectivity index (χ1) is 7.51. The normalized spacial score (nSPS) is 27.0. The molecule has 2 rings (SSSR count). The molecule has 0 bridgehead atoms.